The molecular formula is C16H25ClN2O4. The number of amides is 1. The summed E-state index contributed by atoms with van der Waals surface area (Å²) in [4.78, 5) is 12.1. The summed E-state index contributed by atoms with van der Waals surface area (Å²) < 4.78 is 16.2. The van der Waals surface area contributed by atoms with Crippen molar-refractivity contribution in [3.8, 4) is 5.75 Å². The third-order valence-electron chi connectivity index (χ3n) is 3.63. The normalized spacial score (nSPS) is 19.9. The molecule has 6 nitrogen and oxygen atoms in total. The molecule has 1 fully saturated rings. The van der Waals surface area contributed by atoms with Gasteiger partial charge in [0.1, 0.15) is 18.5 Å². The van der Waals surface area contributed by atoms with Crippen molar-refractivity contribution >= 4 is 18.3 Å². The van der Waals surface area contributed by atoms with E-state index in [1.54, 1.807) is 7.11 Å². The smallest absolute Gasteiger partial charge is 0.249 e. The van der Waals surface area contributed by atoms with E-state index in [9.17, 15) is 4.79 Å². The molecule has 1 aromatic carbocycles. The fourth-order valence-corrected chi connectivity index (χ4v) is 2.39. The number of carbonyl (C=O) groups is 1. The summed E-state index contributed by atoms with van der Waals surface area (Å²) in [5.74, 6) is 0.662. The molecule has 1 aliphatic rings. The van der Waals surface area contributed by atoms with Gasteiger partial charge in [-0.3, -0.25) is 4.79 Å². The van der Waals surface area contributed by atoms with E-state index in [1.807, 2.05) is 24.3 Å². The van der Waals surface area contributed by atoms with Crippen LogP contribution in [0.15, 0.2) is 24.3 Å². The lowest BCUT2D eigenvalue weighted by Crippen LogP contribution is -2.35. The van der Waals surface area contributed by atoms with Gasteiger partial charge >= 0.3 is 0 Å². The number of halogens is 1. The SMILES string of the molecule is COCCOc1ccccc1CNC(=O)[C@@H]1CC[C@H](CN)O1.Cl. The summed E-state index contributed by atoms with van der Waals surface area (Å²) in [6, 6.07) is 7.63. The Morgan fingerprint density at radius 1 is 1.35 bits per heavy atom. The first kappa shape index (κ1) is 19.7. The molecule has 3 N–H and O–H groups in total. The van der Waals surface area contributed by atoms with Crippen LogP contribution in [0.4, 0.5) is 0 Å². The molecule has 0 radical (unpaired) electrons. The van der Waals surface area contributed by atoms with Crippen molar-refractivity contribution in [1.29, 1.82) is 0 Å². The molecule has 2 atom stereocenters. The van der Waals surface area contributed by atoms with Gasteiger partial charge in [-0.15, -0.1) is 12.4 Å². The zero-order valence-corrected chi connectivity index (χ0v) is 14.1. The van der Waals surface area contributed by atoms with Crippen LogP contribution in [0.1, 0.15) is 18.4 Å². The number of benzene rings is 1. The summed E-state index contributed by atoms with van der Waals surface area (Å²) in [7, 11) is 1.63. The lowest BCUT2D eigenvalue weighted by molar-refractivity contribution is -0.132. The maximum atomic E-state index is 12.1. The average Bonchev–Trinajstić information content (AvgIpc) is 3.03. The van der Waals surface area contributed by atoms with Crippen LogP contribution in [-0.4, -0.2) is 45.0 Å². The fraction of sp³-hybridized carbons (Fsp3) is 0.562. The van der Waals surface area contributed by atoms with E-state index >= 15 is 0 Å². The molecule has 2 rings (SSSR count). The minimum absolute atomic E-state index is 0. The number of ether oxygens (including phenoxy) is 3. The van der Waals surface area contributed by atoms with E-state index in [2.05, 4.69) is 5.32 Å². The highest BCUT2D eigenvalue weighted by atomic mass is 35.5. The molecule has 0 spiro atoms. The van der Waals surface area contributed by atoms with Gasteiger partial charge in [0.15, 0.2) is 0 Å². The van der Waals surface area contributed by atoms with Gasteiger partial charge < -0.3 is 25.3 Å². The van der Waals surface area contributed by atoms with Crippen molar-refractivity contribution in [2.75, 3.05) is 26.9 Å². The highest BCUT2D eigenvalue weighted by molar-refractivity contribution is 5.85. The Balaban J connectivity index is 0.00000264. The quantitative estimate of drug-likeness (QED) is 0.694. The summed E-state index contributed by atoms with van der Waals surface area (Å²) in [6.07, 6.45) is 1.17. The number of rotatable bonds is 8. The summed E-state index contributed by atoms with van der Waals surface area (Å²) in [5, 5.41) is 2.90. The van der Waals surface area contributed by atoms with Crippen molar-refractivity contribution in [2.45, 2.75) is 31.6 Å². The van der Waals surface area contributed by atoms with E-state index < -0.39 is 6.10 Å². The molecule has 0 saturated carbocycles. The van der Waals surface area contributed by atoms with E-state index in [0.29, 0.717) is 26.3 Å². The standard InChI is InChI=1S/C16H24N2O4.ClH/c1-20-8-9-21-14-5-3-2-4-12(14)11-18-16(19)15-7-6-13(10-17)22-15;/h2-5,13,15H,6-11,17H2,1H3,(H,18,19);1H/t13-,15+;/m1./s1. The maximum Gasteiger partial charge on any atom is 0.249 e. The first-order chi connectivity index (χ1) is 10.7. The van der Waals surface area contributed by atoms with Crippen LogP contribution in [0, 0.1) is 0 Å². The lowest BCUT2D eigenvalue weighted by Gasteiger charge is -2.15. The molecule has 1 aromatic rings. The maximum absolute atomic E-state index is 12.1. The Morgan fingerprint density at radius 2 is 2.13 bits per heavy atom. The predicted molar refractivity (Wildman–Crippen MR) is 89.9 cm³/mol. The Hall–Kier alpha value is -1.34. The van der Waals surface area contributed by atoms with Crippen LogP contribution >= 0.6 is 12.4 Å². The molecule has 1 aliphatic heterocycles. The minimum atomic E-state index is -0.393. The van der Waals surface area contributed by atoms with Gasteiger partial charge in [0.05, 0.1) is 12.7 Å². The Labute approximate surface area is 143 Å². The molecule has 23 heavy (non-hydrogen) atoms. The van der Waals surface area contributed by atoms with E-state index in [0.717, 1.165) is 24.2 Å². The Bertz CT molecular complexity index is 487. The number of methoxy groups -OCH3 is 1. The number of hydrogen-bond acceptors (Lipinski definition) is 5. The average molecular weight is 345 g/mol. The Morgan fingerprint density at radius 3 is 2.83 bits per heavy atom. The third-order valence-corrected chi connectivity index (χ3v) is 3.63. The largest absolute Gasteiger partial charge is 0.491 e. The number of carbonyl (C=O) groups excluding carboxylic acids is 1. The number of nitrogens with one attached hydrogen (secondary N) is 1. The fourth-order valence-electron chi connectivity index (χ4n) is 2.39. The van der Waals surface area contributed by atoms with Gasteiger partial charge in [-0.1, -0.05) is 18.2 Å². The van der Waals surface area contributed by atoms with Crippen LogP contribution in [0.25, 0.3) is 0 Å². The molecule has 0 bridgehead atoms. The molecule has 0 aromatic heterocycles. The number of hydrogen-bond donors (Lipinski definition) is 2. The topological polar surface area (TPSA) is 82.8 Å². The first-order valence-electron chi connectivity index (χ1n) is 7.57. The molecule has 0 aliphatic carbocycles. The second-order valence-corrected chi connectivity index (χ2v) is 5.23. The summed E-state index contributed by atoms with van der Waals surface area (Å²) in [5.41, 5.74) is 6.49. The van der Waals surface area contributed by atoms with Crippen LogP contribution in [-0.2, 0) is 20.8 Å². The molecule has 0 unspecified atom stereocenters. The van der Waals surface area contributed by atoms with Crippen molar-refractivity contribution < 1.29 is 19.0 Å². The zero-order chi connectivity index (χ0) is 15.8. The van der Waals surface area contributed by atoms with Crippen molar-refractivity contribution in [2.24, 2.45) is 5.73 Å². The van der Waals surface area contributed by atoms with Crippen LogP contribution in [0.3, 0.4) is 0 Å². The highest BCUT2D eigenvalue weighted by Gasteiger charge is 2.29. The molecular weight excluding hydrogens is 320 g/mol. The molecule has 130 valence electrons. The molecule has 7 heteroatoms. The van der Waals surface area contributed by atoms with Gasteiger partial charge in [0.25, 0.3) is 0 Å². The van der Waals surface area contributed by atoms with Gasteiger partial charge in [0, 0.05) is 25.8 Å². The summed E-state index contributed by atoms with van der Waals surface area (Å²) >= 11 is 0. The van der Waals surface area contributed by atoms with Crippen molar-refractivity contribution in [1.82, 2.24) is 5.32 Å². The van der Waals surface area contributed by atoms with Crippen LogP contribution < -0.4 is 15.8 Å². The van der Waals surface area contributed by atoms with Crippen LogP contribution in [0.2, 0.25) is 0 Å². The molecule has 1 amide bonds. The van der Waals surface area contributed by atoms with E-state index in [1.165, 1.54) is 0 Å². The third kappa shape index (κ3) is 5.99. The Kier molecular flexibility index (Phi) is 8.94. The minimum Gasteiger partial charge on any atom is -0.491 e. The molecule has 1 heterocycles. The number of para-hydroxylation sites is 1. The van der Waals surface area contributed by atoms with Gasteiger partial charge in [-0.25, -0.2) is 0 Å². The monoisotopic (exact) mass is 344 g/mol. The predicted octanol–water partition coefficient (Wildman–Crippen LogP) is 1.26. The lowest BCUT2D eigenvalue weighted by atomic mass is 10.1. The van der Waals surface area contributed by atoms with Gasteiger partial charge in [0.2, 0.25) is 5.91 Å². The highest BCUT2D eigenvalue weighted by Crippen LogP contribution is 2.20. The summed E-state index contributed by atoms with van der Waals surface area (Å²) in [6.45, 7) is 1.87. The van der Waals surface area contributed by atoms with Gasteiger partial charge in [-0.05, 0) is 18.9 Å². The first-order valence-corrected chi connectivity index (χ1v) is 7.57. The van der Waals surface area contributed by atoms with E-state index in [-0.39, 0.29) is 24.4 Å². The van der Waals surface area contributed by atoms with Gasteiger partial charge in [-0.2, -0.15) is 0 Å². The van der Waals surface area contributed by atoms with Crippen LogP contribution in [0.5, 0.6) is 5.75 Å². The zero-order valence-electron chi connectivity index (χ0n) is 13.3. The van der Waals surface area contributed by atoms with E-state index in [4.69, 9.17) is 19.9 Å². The van der Waals surface area contributed by atoms with Crippen molar-refractivity contribution in [3.05, 3.63) is 29.8 Å². The number of nitrogens with two attached hydrogens (primary N) is 1. The molecule has 1 saturated heterocycles. The second-order valence-electron chi connectivity index (χ2n) is 5.23. The second kappa shape index (κ2) is 10.4. The van der Waals surface area contributed by atoms with Crippen molar-refractivity contribution in [3.63, 3.8) is 0 Å².